The second-order valence-electron chi connectivity index (χ2n) is 9.79. The molecule has 0 atom stereocenters. The third kappa shape index (κ3) is 1.76. The van der Waals surface area contributed by atoms with E-state index in [0.717, 1.165) is 0 Å². The molecular formula is C33H18. The Morgan fingerprint density at radius 3 is 1.61 bits per heavy atom. The number of hydrogen-bond donors (Lipinski definition) is 0. The van der Waals surface area contributed by atoms with Crippen LogP contribution in [0.2, 0.25) is 0 Å². The van der Waals surface area contributed by atoms with E-state index in [-0.39, 0.29) is 0 Å². The molecule has 0 aromatic heterocycles. The Balaban J connectivity index is 1.80. The molecule has 0 heterocycles. The standard InChI is InChI=1S/C33H18/c1-17-13-21-16-27-23-9-3-6-18-5-2-8-22(28(18)23)26-15-20-12-11-19-7-4-10-24-25(14-17)30(21)33(32(26)27)31(20)29(19)24/h2-16H,1H3. The molecule has 0 spiro atoms. The second kappa shape index (κ2) is 5.24. The second-order valence-corrected chi connectivity index (χ2v) is 9.79. The van der Waals surface area contributed by atoms with Crippen LogP contribution in [-0.2, 0) is 0 Å². The van der Waals surface area contributed by atoms with E-state index in [9.17, 15) is 0 Å². The molecule has 9 aromatic carbocycles. The predicted molar refractivity (Wildman–Crippen MR) is 145 cm³/mol. The first-order valence-electron chi connectivity index (χ1n) is 11.7. The van der Waals surface area contributed by atoms with Gasteiger partial charge in [-0.25, -0.2) is 0 Å². The van der Waals surface area contributed by atoms with Crippen molar-refractivity contribution >= 4 is 86.2 Å². The Morgan fingerprint density at radius 2 is 0.879 bits per heavy atom. The van der Waals surface area contributed by atoms with E-state index < -0.39 is 0 Å². The molecule has 150 valence electrons. The molecule has 33 heavy (non-hydrogen) atoms. The van der Waals surface area contributed by atoms with E-state index in [0.29, 0.717) is 0 Å². The summed E-state index contributed by atoms with van der Waals surface area (Å²) in [5.41, 5.74) is 1.32. The molecule has 0 bridgehead atoms. The van der Waals surface area contributed by atoms with Gasteiger partial charge in [0.1, 0.15) is 0 Å². The Kier molecular flexibility index (Phi) is 2.62. The average molecular weight is 415 g/mol. The van der Waals surface area contributed by atoms with Gasteiger partial charge in [-0.2, -0.15) is 0 Å². The van der Waals surface area contributed by atoms with Crippen LogP contribution in [0.25, 0.3) is 86.2 Å². The maximum atomic E-state index is 2.46. The van der Waals surface area contributed by atoms with Crippen LogP contribution >= 0.6 is 0 Å². The fourth-order valence-electron chi connectivity index (χ4n) is 6.89. The lowest BCUT2D eigenvalue weighted by Crippen LogP contribution is -1.94. The Bertz CT molecular complexity index is 2220. The normalized spacial score (nSPS) is 13.0. The fourth-order valence-corrected chi connectivity index (χ4v) is 6.89. The van der Waals surface area contributed by atoms with Gasteiger partial charge >= 0.3 is 0 Å². The van der Waals surface area contributed by atoms with Gasteiger partial charge in [0.15, 0.2) is 0 Å². The maximum absolute atomic E-state index is 2.46. The lowest BCUT2D eigenvalue weighted by molar-refractivity contribution is 1.53. The molecule has 0 nitrogen and oxygen atoms in total. The molecule has 9 aromatic rings. The summed E-state index contributed by atoms with van der Waals surface area (Å²) in [5, 5.41) is 22.1. The van der Waals surface area contributed by atoms with Crippen LogP contribution in [0.1, 0.15) is 5.56 Å². The number of fused-ring (bicyclic) bond motifs is 3. The van der Waals surface area contributed by atoms with Crippen LogP contribution in [0.5, 0.6) is 0 Å². The summed E-state index contributed by atoms with van der Waals surface area (Å²) in [6.45, 7) is 2.23. The fraction of sp³-hybridized carbons (Fsp3) is 0.0303. The molecule has 0 N–H and O–H groups in total. The van der Waals surface area contributed by atoms with E-state index in [1.54, 1.807) is 0 Å². The van der Waals surface area contributed by atoms with Gasteiger partial charge in [-0.1, -0.05) is 78.9 Å². The SMILES string of the molecule is Cc1cc2cc3c4cccc5cccc(c6cc7ccc8cccc9c(c1)c2c(c36)c7c89)c54. The Hall–Kier alpha value is -4.16. The van der Waals surface area contributed by atoms with Crippen molar-refractivity contribution in [1.29, 1.82) is 0 Å². The molecular weight excluding hydrogens is 396 g/mol. The zero-order valence-electron chi connectivity index (χ0n) is 18.2. The van der Waals surface area contributed by atoms with Gasteiger partial charge in [-0.15, -0.1) is 0 Å². The van der Waals surface area contributed by atoms with Crippen molar-refractivity contribution in [2.24, 2.45) is 0 Å². The van der Waals surface area contributed by atoms with Crippen molar-refractivity contribution in [1.82, 2.24) is 0 Å². The summed E-state index contributed by atoms with van der Waals surface area (Å²) in [4.78, 5) is 0. The van der Waals surface area contributed by atoms with Crippen molar-refractivity contribution in [2.75, 3.05) is 0 Å². The highest BCUT2D eigenvalue weighted by Crippen LogP contribution is 2.50. The van der Waals surface area contributed by atoms with Crippen LogP contribution < -0.4 is 0 Å². The Morgan fingerprint density at radius 1 is 0.333 bits per heavy atom. The van der Waals surface area contributed by atoms with Crippen LogP contribution in [0.4, 0.5) is 0 Å². The minimum absolute atomic E-state index is 1.32. The number of rotatable bonds is 0. The molecule has 0 fully saturated rings. The van der Waals surface area contributed by atoms with Crippen LogP contribution in [0.15, 0.2) is 91.0 Å². The van der Waals surface area contributed by atoms with Crippen molar-refractivity contribution in [3.05, 3.63) is 96.6 Å². The summed E-state index contributed by atoms with van der Waals surface area (Å²) < 4.78 is 0. The van der Waals surface area contributed by atoms with E-state index in [4.69, 9.17) is 0 Å². The number of hydrogen-bond acceptors (Lipinski definition) is 0. The van der Waals surface area contributed by atoms with Gasteiger partial charge in [0, 0.05) is 0 Å². The quantitative estimate of drug-likeness (QED) is 0.171. The molecule has 0 aliphatic rings. The smallest absolute Gasteiger partial charge is 0.000159 e. The van der Waals surface area contributed by atoms with Gasteiger partial charge in [-0.05, 0) is 111 Å². The van der Waals surface area contributed by atoms with Gasteiger partial charge < -0.3 is 0 Å². The van der Waals surface area contributed by atoms with Crippen LogP contribution in [0, 0.1) is 6.92 Å². The van der Waals surface area contributed by atoms with Gasteiger partial charge in [0.25, 0.3) is 0 Å². The Labute approximate surface area is 189 Å². The topological polar surface area (TPSA) is 0 Å². The minimum atomic E-state index is 1.32. The summed E-state index contributed by atoms with van der Waals surface area (Å²) in [7, 11) is 0. The summed E-state index contributed by atoms with van der Waals surface area (Å²) in [5.74, 6) is 0. The molecule has 9 rings (SSSR count). The van der Waals surface area contributed by atoms with Crippen LogP contribution in [-0.4, -0.2) is 0 Å². The molecule has 0 aliphatic carbocycles. The number of benzene rings is 9. The van der Waals surface area contributed by atoms with E-state index in [2.05, 4.69) is 97.9 Å². The first-order valence-corrected chi connectivity index (χ1v) is 11.7. The zero-order chi connectivity index (χ0) is 21.4. The highest BCUT2D eigenvalue weighted by atomic mass is 14.2. The monoisotopic (exact) mass is 414 g/mol. The van der Waals surface area contributed by atoms with Gasteiger partial charge in [-0.3, -0.25) is 0 Å². The van der Waals surface area contributed by atoms with Crippen molar-refractivity contribution < 1.29 is 0 Å². The first-order chi connectivity index (χ1) is 16.3. The zero-order valence-corrected chi connectivity index (χ0v) is 18.2. The van der Waals surface area contributed by atoms with E-state index >= 15 is 0 Å². The lowest BCUT2D eigenvalue weighted by atomic mass is 9.80. The minimum Gasteiger partial charge on any atom is -0.0610 e. The largest absolute Gasteiger partial charge is 0.0610 e. The molecule has 0 unspecified atom stereocenters. The summed E-state index contributed by atoms with van der Waals surface area (Å²) >= 11 is 0. The van der Waals surface area contributed by atoms with Gasteiger partial charge in [0.2, 0.25) is 0 Å². The third-order valence-electron chi connectivity index (χ3n) is 8.05. The van der Waals surface area contributed by atoms with Crippen LogP contribution in [0.3, 0.4) is 0 Å². The molecule has 0 heteroatoms. The molecule has 0 aliphatic heterocycles. The summed E-state index contributed by atoms with van der Waals surface area (Å²) in [6.07, 6.45) is 0. The van der Waals surface area contributed by atoms with Crippen molar-refractivity contribution in [2.45, 2.75) is 6.92 Å². The highest BCUT2D eigenvalue weighted by molar-refractivity contribution is 6.47. The summed E-state index contributed by atoms with van der Waals surface area (Å²) in [6, 6.07) is 34.7. The van der Waals surface area contributed by atoms with Crippen molar-refractivity contribution in [3.8, 4) is 0 Å². The predicted octanol–water partition coefficient (Wildman–Crippen LogP) is 9.53. The lowest BCUT2D eigenvalue weighted by Gasteiger charge is -2.22. The molecule has 0 amide bonds. The van der Waals surface area contributed by atoms with Crippen molar-refractivity contribution in [3.63, 3.8) is 0 Å². The first kappa shape index (κ1) is 16.5. The molecule has 0 radical (unpaired) electrons. The molecule has 0 saturated carbocycles. The van der Waals surface area contributed by atoms with Gasteiger partial charge in [0.05, 0.1) is 0 Å². The molecule has 0 saturated heterocycles. The van der Waals surface area contributed by atoms with E-state index in [1.807, 2.05) is 0 Å². The van der Waals surface area contributed by atoms with E-state index in [1.165, 1.54) is 91.7 Å². The maximum Gasteiger partial charge on any atom is -0.000159 e. The average Bonchev–Trinajstić information content (AvgIpc) is 2.85. The number of aryl methyl sites for hydroxylation is 1. The highest BCUT2D eigenvalue weighted by Gasteiger charge is 2.22. The third-order valence-corrected chi connectivity index (χ3v) is 8.05.